The van der Waals surface area contributed by atoms with Gasteiger partial charge in [0.1, 0.15) is 12.4 Å². The highest BCUT2D eigenvalue weighted by Crippen LogP contribution is 2.42. The van der Waals surface area contributed by atoms with E-state index in [9.17, 15) is 31.1 Å². The largest absolute Gasteiger partial charge is 0.435 e. The van der Waals surface area contributed by atoms with Crippen molar-refractivity contribution in [2.45, 2.75) is 38.1 Å². The van der Waals surface area contributed by atoms with Crippen molar-refractivity contribution in [3.8, 4) is 5.75 Å². The predicted molar refractivity (Wildman–Crippen MR) is 80.9 cm³/mol. The first-order valence-corrected chi connectivity index (χ1v) is 7.82. The number of alkyl halides is 5. The molecule has 1 aliphatic carbocycles. The molecule has 3 rings (SSSR count). The van der Waals surface area contributed by atoms with Crippen LogP contribution < -0.4 is 10.1 Å². The maximum Gasteiger partial charge on any atom is 0.435 e. The van der Waals surface area contributed by atoms with E-state index in [4.69, 9.17) is 0 Å². The van der Waals surface area contributed by atoms with E-state index in [-0.39, 0.29) is 17.3 Å². The van der Waals surface area contributed by atoms with Gasteiger partial charge in [0.05, 0.1) is 5.69 Å². The Labute approximate surface area is 148 Å². The molecule has 1 N–H and O–H groups in total. The summed E-state index contributed by atoms with van der Waals surface area (Å²) in [6.07, 6.45) is -3.27. The van der Waals surface area contributed by atoms with E-state index in [1.165, 1.54) is 0 Å². The summed E-state index contributed by atoms with van der Waals surface area (Å²) < 4.78 is 81.7. The number of anilines is 1. The fourth-order valence-electron chi connectivity index (χ4n) is 2.52. The third-order valence-electron chi connectivity index (χ3n) is 3.82. The second kappa shape index (κ2) is 7.12. The van der Waals surface area contributed by atoms with Crippen molar-refractivity contribution < 1.29 is 35.9 Å². The number of carbonyl (C=O) groups is 1. The molecule has 0 radical (unpaired) electrons. The summed E-state index contributed by atoms with van der Waals surface area (Å²) in [6, 6.07) is 3.48. The molecule has 5 nitrogen and oxygen atoms in total. The van der Waals surface area contributed by atoms with Gasteiger partial charge in [-0.25, -0.2) is 4.39 Å². The molecule has 0 saturated heterocycles. The van der Waals surface area contributed by atoms with E-state index in [0.29, 0.717) is 18.9 Å². The third-order valence-corrected chi connectivity index (χ3v) is 3.82. The third kappa shape index (κ3) is 4.72. The molecule has 2 aromatic rings. The van der Waals surface area contributed by atoms with Crippen LogP contribution in [0.1, 0.15) is 30.1 Å². The number of hydrogen-bond donors (Lipinski definition) is 1. The number of aromatic nitrogens is 2. The van der Waals surface area contributed by atoms with Gasteiger partial charge in [-0.15, -0.1) is 0 Å². The number of nitrogens with one attached hydrogen (secondary N) is 1. The lowest BCUT2D eigenvalue weighted by Crippen LogP contribution is -2.22. The summed E-state index contributed by atoms with van der Waals surface area (Å²) in [4.78, 5) is 12.2. The first-order chi connectivity index (χ1) is 12.6. The maximum absolute atomic E-state index is 13.2. The van der Waals surface area contributed by atoms with Crippen molar-refractivity contribution in [3.05, 3.63) is 41.5 Å². The fraction of sp³-hybridized carbons (Fsp3) is 0.375. The van der Waals surface area contributed by atoms with Gasteiger partial charge in [0.15, 0.2) is 11.4 Å². The highest BCUT2D eigenvalue weighted by atomic mass is 19.4. The van der Waals surface area contributed by atoms with Crippen LogP contribution in [0.5, 0.6) is 5.75 Å². The van der Waals surface area contributed by atoms with E-state index in [1.54, 1.807) is 0 Å². The lowest BCUT2D eigenvalue weighted by atomic mass is 10.2. The number of rotatable bonds is 6. The Balaban J connectivity index is 1.78. The van der Waals surface area contributed by atoms with Gasteiger partial charge in [0, 0.05) is 17.7 Å². The van der Waals surface area contributed by atoms with Crippen LogP contribution in [-0.4, -0.2) is 22.3 Å². The molecule has 0 bridgehead atoms. The Bertz CT molecular complexity index is 845. The highest BCUT2D eigenvalue weighted by molar-refractivity contribution is 5.92. The zero-order chi connectivity index (χ0) is 19.8. The normalized spacial score (nSPS) is 14.5. The molecule has 0 atom stereocenters. The molecule has 1 heterocycles. The van der Waals surface area contributed by atoms with E-state index in [2.05, 4.69) is 15.2 Å². The minimum atomic E-state index is -4.65. The van der Waals surface area contributed by atoms with E-state index < -0.39 is 42.5 Å². The lowest BCUT2D eigenvalue weighted by molar-refractivity contribution is -0.141. The molecule has 146 valence electrons. The van der Waals surface area contributed by atoms with Crippen LogP contribution in [-0.2, 0) is 17.5 Å². The second-order valence-corrected chi connectivity index (χ2v) is 5.95. The van der Waals surface area contributed by atoms with Crippen LogP contribution >= 0.6 is 0 Å². The van der Waals surface area contributed by atoms with Crippen molar-refractivity contribution in [1.82, 2.24) is 9.78 Å². The summed E-state index contributed by atoms with van der Waals surface area (Å²) >= 11 is 0. The summed E-state index contributed by atoms with van der Waals surface area (Å²) in [5.74, 6) is -2.39. The van der Waals surface area contributed by atoms with Gasteiger partial charge >= 0.3 is 12.8 Å². The Kier molecular flexibility index (Phi) is 5.03. The van der Waals surface area contributed by atoms with Gasteiger partial charge in [-0.1, -0.05) is 0 Å². The van der Waals surface area contributed by atoms with Crippen LogP contribution in [0.25, 0.3) is 0 Å². The Morgan fingerprint density at radius 2 is 2.00 bits per heavy atom. The van der Waals surface area contributed by atoms with Crippen LogP contribution in [0.3, 0.4) is 0 Å². The Morgan fingerprint density at radius 1 is 1.30 bits per heavy atom. The SMILES string of the molecule is O=C(Cn1nc(C(F)(F)F)cc1C1CC1)Nc1ccc(F)cc1OC(F)F. The maximum atomic E-state index is 13.2. The first-order valence-electron chi connectivity index (χ1n) is 7.82. The molecule has 0 spiro atoms. The Hall–Kier alpha value is -2.72. The minimum absolute atomic E-state index is 0.107. The molecule has 0 unspecified atom stereocenters. The van der Waals surface area contributed by atoms with Crippen LogP contribution in [0, 0.1) is 5.82 Å². The van der Waals surface area contributed by atoms with Crippen molar-refractivity contribution in [3.63, 3.8) is 0 Å². The number of nitrogens with zero attached hydrogens (tertiary/aromatic N) is 2. The standard InChI is InChI=1S/C16H13F6N3O2/c17-9-3-4-10(12(5-9)27-15(18)19)23-14(26)7-25-11(8-1-2-8)6-13(24-25)16(20,21)22/h3-6,8,15H,1-2,7H2,(H,23,26). The average molecular weight is 393 g/mol. The summed E-state index contributed by atoms with van der Waals surface area (Å²) in [5, 5.41) is 5.65. The number of halogens is 6. The van der Waals surface area contributed by atoms with Crippen LogP contribution in [0.4, 0.5) is 32.0 Å². The van der Waals surface area contributed by atoms with Gasteiger partial charge < -0.3 is 10.1 Å². The quantitative estimate of drug-likeness (QED) is 0.750. The van der Waals surface area contributed by atoms with Crippen molar-refractivity contribution in [2.75, 3.05) is 5.32 Å². The van der Waals surface area contributed by atoms with Gasteiger partial charge in [0.2, 0.25) is 5.91 Å². The second-order valence-electron chi connectivity index (χ2n) is 5.95. The molecule has 0 aliphatic heterocycles. The monoisotopic (exact) mass is 393 g/mol. The highest BCUT2D eigenvalue weighted by Gasteiger charge is 2.38. The molecule has 1 aliphatic rings. The molecule has 1 saturated carbocycles. The number of hydrogen-bond acceptors (Lipinski definition) is 3. The molecule has 1 aromatic heterocycles. The molecule has 1 fully saturated rings. The summed E-state index contributed by atoms with van der Waals surface area (Å²) in [6.45, 7) is -3.81. The number of ether oxygens (including phenoxy) is 1. The first kappa shape index (κ1) is 19.1. The fourth-order valence-corrected chi connectivity index (χ4v) is 2.52. The molecular weight excluding hydrogens is 380 g/mol. The lowest BCUT2D eigenvalue weighted by Gasteiger charge is -2.13. The summed E-state index contributed by atoms with van der Waals surface area (Å²) in [5.41, 5.74) is -1.07. The predicted octanol–water partition coefficient (Wildman–Crippen LogP) is 4.16. The van der Waals surface area contributed by atoms with Gasteiger partial charge in [-0.2, -0.15) is 27.1 Å². The van der Waals surface area contributed by atoms with E-state index in [1.807, 2.05) is 0 Å². The number of amides is 1. The van der Waals surface area contributed by atoms with Crippen molar-refractivity contribution >= 4 is 11.6 Å². The zero-order valence-electron chi connectivity index (χ0n) is 13.6. The van der Waals surface area contributed by atoms with E-state index >= 15 is 0 Å². The van der Waals surface area contributed by atoms with Gasteiger partial charge in [-0.05, 0) is 31.0 Å². The molecule has 1 aromatic carbocycles. The minimum Gasteiger partial charge on any atom is -0.432 e. The number of benzene rings is 1. The molecule has 1 amide bonds. The summed E-state index contributed by atoms with van der Waals surface area (Å²) in [7, 11) is 0. The van der Waals surface area contributed by atoms with Crippen molar-refractivity contribution in [1.29, 1.82) is 0 Å². The van der Waals surface area contributed by atoms with Gasteiger partial charge in [0.25, 0.3) is 0 Å². The van der Waals surface area contributed by atoms with Crippen LogP contribution in [0.15, 0.2) is 24.3 Å². The smallest absolute Gasteiger partial charge is 0.432 e. The topological polar surface area (TPSA) is 56.2 Å². The average Bonchev–Trinajstić information content (AvgIpc) is 3.29. The molecular formula is C16H13F6N3O2. The molecule has 27 heavy (non-hydrogen) atoms. The van der Waals surface area contributed by atoms with Crippen molar-refractivity contribution in [2.24, 2.45) is 0 Å². The zero-order valence-corrected chi connectivity index (χ0v) is 13.6. The Morgan fingerprint density at radius 3 is 2.59 bits per heavy atom. The van der Waals surface area contributed by atoms with Crippen LogP contribution in [0.2, 0.25) is 0 Å². The van der Waals surface area contributed by atoms with E-state index in [0.717, 1.165) is 22.9 Å². The number of carbonyl (C=O) groups excluding carboxylic acids is 1. The van der Waals surface area contributed by atoms with Gasteiger partial charge in [-0.3, -0.25) is 9.48 Å². The molecule has 11 heteroatoms.